The van der Waals surface area contributed by atoms with Crippen molar-refractivity contribution < 1.29 is 17.9 Å². The zero-order chi connectivity index (χ0) is 21.6. The van der Waals surface area contributed by atoms with E-state index in [-0.39, 0.29) is 4.90 Å². The maximum Gasteiger partial charge on any atom is 0.244 e. The lowest BCUT2D eigenvalue weighted by atomic mass is 10.2. The van der Waals surface area contributed by atoms with Crippen LogP contribution in [0.25, 0.3) is 10.2 Å². The van der Waals surface area contributed by atoms with Gasteiger partial charge in [0.05, 0.1) is 21.7 Å². The van der Waals surface area contributed by atoms with Gasteiger partial charge in [-0.1, -0.05) is 29.5 Å². The lowest BCUT2D eigenvalue weighted by Gasteiger charge is -2.17. The molecule has 1 heterocycles. The number of fused-ring (bicyclic) bond motifs is 1. The third-order valence-electron chi connectivity index (χ3n) is 4.18. The van der Waals surface area contributed by atoms with Crippen molar-refractivity contribution in [1.29, 1.82) is 0 Å². The fourth-order valence-corrected chi connectivity index (χ4v) is 5.36. The lowest BCUT2D eigenvalue weighted by Crippen LogP contribution is -2.44. The van der Waals surface area contributed by atoms with E-state index in [2.05, 4.69) is 15.0 Å². The molecule has 0 aliphatic heterocycles. The summed E-state index contributed by atoms with van der Waals surface area (Å²) >= 11 is 2.86. The molecule has 0 bridgehead atoms. The van der Waals surface area contributed by atoms with Crippen LogP contribution < -0.4 is 14.8 Å². The number of anilines is 1. The summed E-state index contributed by atoms with van der Waals surface area (Å²) < 4.78 is 34.3. The molecule has 7 nitrogen and oxygen atoms in total. The Balaban J connectivity index is 1.77. The first-order chi connectivity index (χ1) is 14.4. The molecule has 0 radical (unpaired) electrons. The number of nitrogens with one attached hydrogen (secondary N) is 2. The average Bonchev–Trinajstić information content (AvgIpc) is 3.13. The second-order valence-electron chi connectivity index (χ2n) is 6.34. The molecule has 0 spiro atoms. The largest absolute Gasteiger partial charge is 0.494 e. The van der Waals surface area contributed by atoms with Gasteiger partial charge in [-0.3, -0.25) is 4.79 Å². The molecule has 160 valence electrons. The molecule has 0 aliphatic rings. The monoisotopic (exact) mass is 465 g/mol. The molecular formula is C20H23N3O4S3. The van der Waals surface area contributed by atoms with Crippen LogP contribution in [0.2, 0.25) is 0 Å². The van der Waals surface area contributed by atoms with Gasteiger partial charge in [-0.25, -0.2) is 13.4 Å². The number of hydrogen-bond acceptors (Lipinski definition) is 7. The van der Waals surface area contributed by atoms with E-state index in [0.717, 1.165) is 16.0 Å². The van der Waals surface area contributed by atoms with Crippen molar-refractivity contribution in [2.24, 2.45) is 0 Å². The summed E-state index contributed by atoms with van der Waals surface area (Å²) in [7, 11) is -3.82. The summed E-state index contributed by atoms with van der Waals surface area (Å²) in [6, 6.07) is 12.6. The second kappa shape index (κ2) is 10.3. The molecule has 2 N–H and O–H groups in total. The number of nitrogens with zero attached hydrogens (tertiary/aromatic N) is 1. The molecule has 0 fully saturated rings. The number of sulfonamides is 1. The Hall–Kier alpha value is -2.14. The van der Waals surface area contributed by atoms with Gasteiger partial charge in [0.25, 0.3) is 0 Å². The van der Waals surface area contributed by atoms with Gasteiger partial charge in [0.2, 0.25) is 15.9 Å². The Labute approximate surface area is 184 Å². The number of thioether (sulfide) groups is 1. The standard InChI is InChI=1S/C20H23N3O4S3/c1-3-27-14-9-10-16-18(13-14)29-20(21-16)22-19(24)17(11-12-28-2)23-30(25,26)15-7-5-4-6-8-15/h4-10,13,17,23H,3,11-12H2,1-2H3,(H,21,22,24). The molecule has 1 unspecified atom stereocenters. The maximum atomic E-state index is 12.9. The number of aromatic nitrogens is 1. The van der Waals surface area contributed by atoms with E-state index in [9.17, 15) is 13.2 Å². The van der Waals surface area contributed by atoms with E-state index >= 15 is 0 Å². The molecule has 1 atom stereocenters. The van der Waals surface area contributed by atoms with Crippen LogP contribution in [0.15, 0.2) is 53.4 Å². The number of thiazole rings is 1. The van der Waals surface area contributed by atoms with Crippen molar-refractivity contribution in [2.45, 2.75) is 24.3 Å². The van der Waals surface area contributed by atoms with Crippen LogP contribution in [0.1, 0.15) is 13.3 Å². The van der Waals surface area contributed by atoms with Gasteiger partial charge >= 0.3 is 0 Å². The van der Waals surface area contributed by atoms with Crippen LogP contribution in [0.3, 0.4) is 0 Å². The maximum absolute atomic E-state index is 12.9. The summed E-state index contributed by atoms with van der Waals surface area (Å²) in [5, 5.41) is 3.17. The molecule has 2 aromatic carbocycles. The van der Waals surface area contributed by atoms with E-state index < -0.39 is 22.0 Å². The Kier molecular flexibility index (Phi) is 7.70. The highest BCUT2D eigenvalue weighted by atomic mass is 32.2. The fourth-order valence-electron chi connectivity index (χ4n) is 2.74. The lowest BCUT2D eigenvalue weighted by molar-refractivity contribution is -0.117. The van der Waals surface area contributed by atoms with Crippen LogP contribution >= 0.6 is 23.1 Å². The van der Waals surface area contributed by atoms with Gasteiger partial charge in [-0.2, -0.15) is 16.5 Å². The third kappa shape index (κ3) is 5.72. The van der Waals surface area contributed by atoms with Crippen molar-refractivity contribution >= 4 is 54.4 Å². The topological polar surface area (TPSA) is 97.4 Å². The molecule has 0 saturated carbocycles. The summed E-state index contributed by atoms with van der Waals surface area (Å²) in [6.07, 6.45) is 2.27. The molecule has 30 heavy (non-hydrogen) atoms. The smallest absolute Gasteiger partial charge is 0.244 e. The van der Waals surface area contributed by atoms with Crippen LogP contribution in [0.4, 0.5) is 5.13 Å². The van der Waals surface area contributed by atoms with Crippen LogP contribution in [0.5, 0.6) is 5.75 Å². The Morgan fingerprint density at radius 1 is 1.23 bits per heavy atom. The third-order valence-corrected chi connectivity index (χ3v) is 7.24. The van der Waals surface area contributed by atoms with Gasteiger partial charge in [0, 0.05) is 0 Å². The molecule has 1 aromatic heterocycles. The van der Waals surface area contributed by atoms with Crippen LogP contribution in [-0.2, 0) is 14.8 Å². The number of carbonyl (C=O) groups is 1. The predicted molar refractivity (Wildman–Crippen MR) is 123 cm³/mol. The summed E-state index contributed by atoms with van der Waals surface area (Å²) in [6.45, 7) is 2.47. The number of ether oxygens (including phenoxy) is 1. The quantitative estimate of drug-likeness (QED) is 0.473. The minimum atomic E-state index is -3.82. The van der Waals surface area contributed by atoms with Gasteiger partial charge in [0.1, 0.15) is 11.8 Å². The fraction of sp³-hybridized carbons (Fsp3) is 0.300. The predicted octanol–water partition coefficient (Wildman–Crippen LogP) is 3.73. The SMILES string of the molecule is CCOc1ccc2nc(NC(=O)C(CCSC)NS(=O)(=O)c3ccccc3)sc2c1. The van der Waals surface area contributed by atoms with E-state index in [4.69, 9.17) is 4.74 Å². The molecule has 10 heteroatoms. The van der Waals surface area contributed by atoms with Crippen molar-refractivity contribution in [3.05, 3.63) is 48.5 Å². The first kappa shape index (κ1) is 22.5. The van der Waals surface area contributed by atoms with Crippen LogP contribution in [-0.4, -0.2) is 44.0 Å². The number of benzene rings is 2. The molecule has 1 amide bonds. The first-order valence-corrected chi connectivity index (χ1v) is 13.0. The zero-order valence-electron chi connectivity index (χ0n) is 16.6. The number of amides is 1. The number of carbonyl (C=O) groups excluding carboxylic acids is 1. The van der Waals surface area contributed by atoms with Gasteiger partial charge in [-0.05, 0) is 55.7 Å². The van der Waals surface area contributed by atoms with E-state index in [1.165, 1.54) is 23.5 Å². The Morgan fingerprint density at radius 3 is 2.70 bits per heavy atom. The average molecular weight is 466 g/mol. The van der Waals surface area contributed by atoms with E-state index in [0.29, 0.717) is 23.9 Å². The van der Waals surface area contributed by atoms with Crippen molar-refractivity contribution in [3.8, 4) is 5.75 Å². The normalized spacial score (nSPS) is 12.6. The molecular weight excluding hydrogens is 442 g/mol. The molecule has 3 rings (SSSR count). The highest BCUT2D eigenvalue weighted by Gasteiger charge is 2.26. The van der Waals surface area contributed by atoms with Crippen molar-refractivity contribution in [1.82, 2.24) is 9.71 Å². The Bertz CT molecular complexity index is 1100. The van der Waals surface area contributed by atoms with Gasteiger partial charge < -0.3 is 10.1 Å². The van der Waals surface area contributed by atoms with Crippen molar-refractivity contribution in [2.75, 3.05) is 23.9 Å². The molecule has 0 aliphatic carbocycles. The first-order valence-electron chi connectivity index (χ1n) is 9.33. The number of hydrogen-bond donors (Lipinski definition) is 2. The minimum absolute atomic E-state index is 0.121. The molecule has 0 saturated heterocycles. The van der Waals surface area contributed by atoms with Crippen LogP contribution in [0, 0.1) is 0 Å². The highest BCUT2D eigenvalue weighted by Crippen LogP contribution is 2.29. The summed E-state index contributed by atoms with van der Waals surface area (Å²) in [4.78, 5) is 17.4. The summed E-state index contributed by atoms with van der Waals surface area (Å²) in [5.74, 6) is 0.931. The molecule has 3 aromatic rings. The zero-order valence-corrected chi connectivity index (χ0v) is 19.1. The number of rotatable bonds is 10. The van der Waals surface area contributed by atoms with Crippen molar-refractivity contribution in [3.63, 3.8) is 0 Å². The second-order valence-corrected chi connectivity index (χ2v) is 10.1. The van der Waals surface area contributed by atoms with E-state index in [1.807, 2.05) is 31.4 Å². The van der Waals surface area contributed by atoms with Gasteiger partial charge in [0.15, 0.2) is 5.13 Å². The van der Waals surface area contributed by atoms with E-state index in [1.54, 1.807) is 30.0 Å². The highest BCUT2D eigenvalue weighted by molar-refractivity contribution is 7.98. The summed E-state index contributed by atoms with van der Waals surface area (Å²) in [5.41, 5.74) is 0.740. The van der Waals surface area contributed by atoms with Gasteiger partial charge in [-0.15, -0.1) is 0 Å². The minimum Gasteiger partial charge on any atom is -0.494 e. The Morgan fingerprint density at radius 2 is 2.00 bits per heavy atom.